The van der Waals surface area contributed by atoms with Gasteiger partial charge in [0, 0.05) is 0 Å². The first-order valence-electron chi connectivity index (χ1n) is 6.51. The largest absolute Gasteiger partial charge is 0.392 e. The Morgan fingerprint density at radius 2 is 2.00 bits per heavy atom. The van der Waals surface area contributed by atoms with Gasteiger partial charge in [-0.1, -0.05) is 38.1 Å². The second-order valence-corrected chi connectivity index (χ2v) is 6.44. The van der Waals surface area contributed by atoms with Crippen molar-refractivity contribution in [2.45, 2.75) is 38.7 Å². The molecular weight excluding hydrogens is 228 g/mol. The molecule has 94 valence electrons. The Hall–Kier alpha value is -0.470. The van der Waals surface area contributed by atoms with Crippen LogP contribution in [0, 0.1) is 5.92 Å². The van der Waals surface area contributed by atoms with Crippen molar-refractivity contribution in [2.75, 3.05) is 11.5 Å². The van der Waals surface area contributed by atoms with Gasteiger partial charge in [-0.2, -0.15) is 11.8 Å². The van der Waals surface area contributed by atoms with E-state index in [0.29, 0.717) is 11.8 Å². The van der Waals surface area contributed by atoms with Gasteiger partial charge in [-0.3, -0.25) is 0 Å². The normalized spacial score (nSPS) is 22.0. The fourth-order valence-corrected chi connectivity index (χ4v) is 3.63. The number of hydrogen-bond donors (Lipinski definition) is 1. The highest BCUT2D eigenvalue weighted by Crippen LogP contribution is 2.28. The molecule has 1 heterocycles. The molecular formula is C15H22OS. The molecule has 0 saturated carbocycles. The van der Waals surface area contributed by atoms with E-state index in [2.05, 4.69) is 38.1 Å². The maximum Gasteiger partial charge on any atom is 0.0616 e. The maximum atomic E-state index is 10.2. The molecule has 1 nitrogen and oxygen atoms in total. The SMILES string of the molecule is CC(C)c1ccc(CC(O)C2CCSC2)cc1. The zero-order valence-corrected chi connectivity index (χ0v) is 11.5. The molecule has 0 bridgehead atoms. The molecule has 1 N–H and O–H groups in total. The molecule has 0 aliphatic carbocycles. The van der Waals surface area contributed by atoms with Crippen molar-refractivity contribution in [3.05, 3.63) is 35.4 Å². The van der Waals surface area contributed by atoms with Crippen molar-refractivity contribution < 1.29 is 5.11 Å². The number of thioether (sulfide) groups is 1. The van der Waals surface area contributed by atoms with Gasteiger partial charge in [0.1, 0.15) is 0 Å². The second kappa shape index (κ2) is 5.92. The van der Waals surface area contributed by atoms with E-state index in [1.807, 2.05) is 11.8 Å². The number of aliphatic hydroxyl groups is 1. The fourth-order valence-electron chi connectivity index (χ4n) is 2.30. The molecule has 1 aliphatic rings. The van der Waals surface area contributed by atoms with Gasteiger partial charge in [-0.05, 0) is 47.3 Å². The number of rotatable bonds is 4. The molecule has 1 aromatic rings. The van der Waals surface area contributed by atoms with Crippen LogP contribution >= 0.6 is 11.8 Å². The first kappa shape index (κ1) is 13.0. The Kier molecular flexibility index (Phi) is 4.52. The molecule has 0 spiro atoms. The summed E-state index contributed by atoms with van der Waals surface area (Å²) in [5.41, 5.74) is 2.64. The summed E-state index contributed by atoms with van der Waals surface area (Å²) in [6.45, 7) is 4.42. The van der Waals surface area contributed by atoms with Crippen LogP contribution in [0.1, 0.15) is 37.3 Å². The number of hydrogen-bond acceptors (Lipinski definition) is 2. The third kappa shape index (κ3) is 3.49. The van der Waals surface area contributed by atoms with Gasteiger partial charge >= 0.3 is 0 Å². The highest BCUT2D eigenvalue weighted by atomic mass is 32.2. The van der Waals surface area contributed by atoms with Crippen LogP contribution in [0.5, 0.6) is 0 Å². The van der Waals surface area contributed by atoms with E-state index in [1.165, 1.54) is 23.3 Å². The predicted octanol–water partition coefficient (Wildman–Crippen LogP) is 3.47. The van der Waals surface area contributed by atoms with Crippen molar-refractivity contribution in [3.8, 4) is 0 Å². The molecule has 1 saturated heterocycles. The van der Waals surface area contributed by atoms with E-state index < -0.39 is 0 Å². The lowest BCUT2D eigenvalue weighted by molar-refractivity contribution is 0.120. The summed E-state index contributed by atoms with van der Waals surface area (Å²) in [4.78, 5) is 0. The lowest BCUT2D eigenvalue weighted by Crippen LogP contribution is -2.22. The summed E-state index contributed by atoms with van der Waals surface area (Å²) < 4.78 is 0. The van der Waals surface area contributed by atoms with E-state index in [0.717, 1.165) is 12.2 Å². The van der Waals surface area contributed by atoms with Gasteiger partial charge in [0.2, 0.25) is 0 Å². The van der Waals surface area contributed by atoms with Gasteiger partial charge in [-0.25, -0.2) is 0 Å². The Morgan fingerprint density at radius 3 is 2.53 bits per heavy atom. The van der Waals surface area contributed by atoms with Crippen LogP contribution in [0.15, 0.2) is 24.3 Å². The highest BCUT2D eigenvalue weighted by molar-refractivity contribution is 7.99. The lowest BCUT2D eigenvalue weighted by atomic mass is 9.94. The first-order valence-corrected chi connectivity index (χ1v) is 7.67. The predicted molar refractivity (Wildman–Crippen MR) is 75.7 cm³/mol. The molecule has 0 amide bonds. The Morgan fingerprint density at radius 1 is 1.29 bits per heavy atom. The van der Waals surface area contributed by atoms with E-state index in [1.54, 1.807) is 0 Å². The van der Waals surface area contributed by atoms with Crippen LogP contribution < -0.4 is 0 Å². The minimum atomic E-state index is -0.158. The van der Waals surface area contributed by atoms with Crippen LogP contribution in [0.3, 0.4) is 0 Å². The van der Waals surface area contributed by atoms with Crippen LogP contribution in [-0.2, 0) is 6.42 Å². The third-order valence-electron chi connectivity index (χ3n) is 3.60. The molecule has 1 fully saturated rings. The molecule has 17 heavy (non-hydrogen) atoms. The van der Waals surface area contributed by atoms with Gasteiger partial charge < -0.3 is 5.11 Å². The van der Waals surface area contributed by atoms with Crippen molar-refractivity contribution in [3.63, 3.8) is 0 Å². The summed E-state index contributed by atoms with van der Waals surface area (Å²) >= 11 is 1.97. The van der Waals surface area contributed by atoms with Crippen LogP contribution in [-0.4, -0.2) is 22.7 Å². The summed E-state index contributed by atoms with van der Waals surface area (Å²) in [7, 11) is 0. The van der Waals surface area contributed by atoms with E-state index >= 15 is 0 Å². The summed E-state index contributed by atoms with van der Waals surface area (Å²) in [6, 6.07) is 8.72. The molecule has 1 aromatic carbocycles. The van der Waals surface area contributed by atoms with E-state index in [4.69, 9.17) is 0 Å². The van der Waals surface area contributed by atoms with Crippen molar-refractivity contribution in [2.24, 2.45) is 5.92 Å². The summed E-state index contributed by atoms with van der Waals surface area (Å²) in [5.74, 6) is 3.43. The average Bonchev–Trinajstić information content (AvgIpc) is 2.83. The van der Waals surface area contributed by atoms with Crippen LogP contribution in [0.4, 0.5) is 0 Å². The van der Waals surface area contributed by atoms with Gasteiger partial charge in [0.25, 0.3) is 0 Å². The fraction of sp³-hybridized carbons (Fsp3) is 0.600. The smallest absolute Gasteiger partial charge is 0.0616 e. The highest BCUT2D eigenvalue weighted by Gasteiger charge is 2.23. The summed E-state index contributed by atoms with van der Waals surface area (Å²) in [5, 5.41) is 10.2. The summed E-state index contributed by atoms with van der Waals surface area (Å²) in [6.07, 6.45) is 1.83. The Balaban J connectivity index is 1.93. The van der Waals surface area contributed by atoms with Gasteiger partial charge in [0.05, 0.1) is 6.10 Å². The quantitative estimate of drug-likeness (QED) is 0.883. The van der Waals surface area contributed by atoms with Crippen LogP contribution in [0.25, 0.3) is 0 Å². The van der Waals surface area contributed by atoms with Crippen LogP contribution in [0.2, 0.25) is 0 Å². The van der Waals surface area contributed by atoms with E-state index in [-0.39, 0.29) is 6.10 Å². The molecule has 0 radical (unpaired) electrons. The zero-order valence-electron chi connectivity index (χ0n) is 10.7. The molecule has 0 aromatic heterocycles. The Labute approximate surface area is 109 Å². The van der Waals surface area contributed by atoms with E-state index in [9.17, 15) is 5.11 Å². The molecule has 1 aliphatic heterocycles. The first-order chi connectivity index (χ1) is 8.16. The number of benzene rings is 1. The van der Waals surface area contributed by atoms with Gasteiger partial charge in [0.15, 0.2) is 0 Å². The Bertz CT molecular complexity index is 338. The standard InChI is InChI=1S/C15H22OS/c1-11(2)13-5-3-12(4-6-13)9-15(16)14-7-8-17-10-14/h3-6,11,14-16H,7-10H2,1-2H3. The average molecular weight is 250 g/mol. The molecule has 2 unspecified atom stereocenters. The maximum absolute atomic E-state index is 10.2. The molecule has 2 atom stereocenters. The number of aliphatic hydroxyl groups excluding tert-OH is 1. The van der Waals surface area contributed by atoms with Crippen molar-refractivity contribution in [1.82, 2.24) is 0 Å². The minimum Gasteiger partial charge on any atom is -0.392 e. The van der Waals surface area contributed by atoms with Crippen molar-refractivity contribution in [1.29, 1.82) is 0 Å². The zero-order chi connectivity index (χ0) is 12.3. The second-order valence-electron chi connectivity index (χ2n) is 5.29. The van der Waals surface area contributed by atoms with Crippen molar-refractivity contribution >= 4 is 11.8 Å². The lowest BCUT2D eigenvalue weighted by Gasteiger charge is -2.17. The molecule has 2 rings (SSSR count). The van der Waals surface area contributed by atoms with Gasteiger partial charge in [-0.15, -0.1) is 0 Å². The third-order valence-corrected chi connectivity index (χ3v) is 4.79. The topological polar surface area (TPSA) is 20.2 Å². The monoisotopic (exact) mass is 250 g/mol. The minimum absolute atomic E-state index is 0.158. The molecule has 2 heteroatoms.